The zero-order valence-corrected chi connectivity index (χ0v) is 8.23. The number of halogens is 1. The Balaban J connectivity index is 2.05. The van der Waals surface area contributed by atoms with Crippen LogP contribution in [0.1, 0.15) is 26.7 Å². The fourth-order valence-corrected chi connectivity index (χ4v) is 0.997. The van der Waals surface area contributed by atoms with E-state index in [0.717, 1.165) is 0 Å². The summed E-state index contributed by atoms with van der Waals surface area (Å²) in [5.41, 5.74) is 0.666. The van der Waals surface area contributed by atoms with Crippen LogP contribution in [0.15, 0.2) is 0 Å². The molecule has 1 unspecified atom stereocenters. The minimum Gasteiger partial charge on any atom is -0.305 e. The maximum Gasteiger partial charge on any atom is 0.0565 e. The lowest BCUT2D eigenvalue weighted by Crippen LogP contribution is -2.26. The van der Waals surface area contributed by atoms with E-state index in [1.807, 2.05) is 0 Å². The molecule has 0 aromatic carbocycles. The Morgan fingerprint density at radius 1 is 1.67 bits per heavy atom. The molecule has 0 bridgehead atoms. The third kappa shape index (κ3) is 2.85. The molecule has 2 heteroatoms. The summed E-state index contributed by atoms with van der Waals surface area (Å²) < 4.78 is 0.625. The van der Waals surface area contributed by atoms with E-state index in [9.17, 15) is 0 Å². The van der Waals surface area contributed by atoms with Crippen molar-refractivity contribution in [3.63, 3.8) is 0 Å². The molecular formula is C7H14IN. The number of hydrogen-bond donors (Lipinski definition) is 1. The quantitative estimate of drug-likeness (QED) is 0.452. The maximum absolute atomic E-state index is 3.43. The lowest BCUT2D eigenvalue weighted by molar-refractivity contribution is 0.504. The highest BCUT2D eigenvalue weighted by Gasteiger charge is 2.36. The molecule has 0 aromatic rings. The molecule has 0 heterocycles. The van der Waals surface area contributed by atoms with Gasteiger partial charge in [-0.05, 0) is 25.2 Å². The lowest BCUT2D eigenvalue weighted by atomic mass is 10.1. The first kappa shape index (κ1) is 7.79. The summed E-state index contributed by atoms with van der Waals surface area (Å²) in [5, 5.41) is 3.43. The van der Waals surface area contributed by atoms with Crippen molar-refractivity contribution in [2.45, 2.75) is 30.7 Å². The molecule has 0 spiro atoms. The fourth-order valence-electron chi connectivity index (χ4n) is 0.777. The van der Waals surface area contributed by atoms with Gasteiger partial charge in [0, 0.05) is 6.54 Å². The van der Waals surface area contributed by atoms with E-state index in [1.165, 1.54) is 19.4 Å². The zero-order valence-electron chi connectivity index (χ0n) is 6.08. The summed E-state index contributed by atoms with van der Waals surface area (Å²) in [6.07, 6.45) is 2.84. The van der Waals surface area contributed by atoms with Gasteiger partial charge in [0.05, 0.1) is 4.05 Å². The van der Waals surface area contributed by atoms with E-state index >= 15 is 0 Å². The second-order valence-corrected chi connectivity index (χ2v) is 5.18. The molecule has 0 saturated heterocycles. The van der Waals surface area contributed by atoms with E-state index in [0.29, 0.717) is 9.46 Å². The molecule has 1 fully saturated rings. The molecule has 1 aliphatic carbocycles. The van der Waals surface area contributed by atoms with E-state index in [1.54, 1.807) is 0 Å². The van der Waals surface area contributed by atoms with Gasteiger partial charge >= 0.3 is 0 Å². The van der Waals surface area contributed by atoms with E-state index in [-0.39, 0.29) is 0 Å². The van der Waals surface area contributed by atoms with Crippen molar-refractivity contribution in [2.75, 3.05) is 6.54 Å². The highest BCUT2D eigenvalue weighted by molar-refractivity contribution is 14.1. The topological polar surface area (TPSA) is 12.0 Å². The molecule has 1 nitrogen and oxygen atoms in total. The van der Waals surface area contributed by atoms with Crippen molar-refractivity contribution in [2.24, 2.45) is 5.41 Å². The normalized spacial score (nSPS) is 25.7. The van der Waals surface area contributed by atoms with Crippen molar-refractivity contribution in [1.29, 1.82) is 0 Å². The van der Waals surface area contributed by atoms with Gasteiger partial charge in [-0.25, -0.2) is 0 Å². The molecule has 1 N–H and O–H groups in total. The predicted molar refractivity (Wildman–Crippen MR) is 48.8 cm³/mol. The Labute approximate surface area is 70.7 Å². The second-order valence-electron chi connectivity index (χ2n) is 3.31. The van der Waals surface area contributed by atoms with Crippen molar-refractivity contribution in [3.05, 3.63) is 0 Å². The van der Waals surface area contributed by atoms with Crippen LogP contribution in [-0.2, 0) is 0 Å². The average molecular weight is 239 g/mol. The molecule has 54 valence electrons. The standard InChI is InChI=1S/C7H14IN/c1-6(8)9-5-7(2)3-4-7/h6,9H,3-5H2,1-2H3. The highest BCUT2D eigenvalue weighted by atomic mass is 127. The van der Waals surface area contributed by atoms with E-state index in [4.69, 9.17) is 0 Å². The number of rotatable bonds is 3. The van der Waals surface area contributed by atoms with Gasteiger partial charge in [-0.15, -0.1) is 0 Å². The monoisotopic (exact) mass is 239 g/mol. The van der Waals surface area contributed by atoms with Crippen molar-refractivity contribution < 1.29 is 0 Å². The first-order valence-corrected chi connectivity index (χ1v) is 4.74. The minimum absolute atomic E-state index is 0.625. The van der Waals surface area contributed by atoms with Crippen LogP contribution in [0.5, 0.6) is 0 Å². The zero-order chi connectivity index (χ0) is 6.91. The van der Waals surface area contributed by atoms with Crippen LogP contribution in [0.3, 0.4) is 0 Å². The van der Waals surface area contributed by atoms with Crippen LogP contribution >= 0.6 is 22.6 Å². The van der Waals surface area contributed by atoms with Gasteiger partial charge < -0.3 is 5.32 Å². The molecule has 9 heavy (non-hydrogen) atoms. The maximum atomic E-state index is 3.43. The minimum atomic E-state index is 0.625. The summed E-state index contributed by atoms with van der Waals surface area (Å²) in [4.78, 5) is 0. The first-order valence-electron chi connectivity index (χ1n) is 3.50. The smallest absolute Gasteiger partial charge is 0.0565 e. The van der Waals surface area contributed by atoms with Crippen LogP contribution < -0.4 is 5.32 Å². The fraction of sp³-hybridized carbons (Fsp3) is 1.00. The summed E-state index contributed by atoms with van der Waals surface area (Å²) in [6, 6.07) is 0. The van der Waals surface area contributed by atoms with Crippen LogP contribution in [0.2, 0.25) is 0 Å². The Hall–Kier alpha value is 0.690. The van der Waals surface area contributed by atoms with Gasteiger partial charge in [-0.1, -0.05) is 29.5 Å². The van der Waals surface area contributed by atoms with Gasteiger partial charge in [0.15, 0.2) is 0 Å². The van der Waals surface area contributed by atoms with Crippen LogP contribution in [-0.4, -0.2) is 10.6 Å². The molecule has 1 rings (SSSR count). The molecule has 0 aromatic heterocycles. The van der Waals surface area contributed by atoms with Gasteiger partial charge in [-0.2, -0.15) is 0 Å². The summed E-state index contributed by atoms with van der Waals surface area (Å²) in [7, 11) is 0. The summed E-state index contributed by atoms with van der Waals surface area (Å²) in [6.45, 7) is 5.74. The molecule has 1 saturated carbocycles. The number of hydrogen-bond acceptors (Lipinski definition) is 1. The molecule has 0 amide bonds. The van der Waals surface area contributed by atoms with Crippen molar-refractivity contribution in [3.8, 4) is 0 Å². The highest BCUT2D eigenvalue weighted by Crippen LogP contribution is 2.44. The molecular weight excluding hydrogens is 225 g/mol. The Morgan fingerprint density at radius 2 is 2.22 bits per heavy atom. The Bertz CT molecular complexity index is 97.1. The second kappa shape index (κ2) is 2.74. The third-order valence-electron chi connectivity index (χ3n) is 1.91. The lowest BCUT2D eigenvalue weighted by Gasteiger charge is -2.10. The largest absolute Gasteiger partial charge is 0.305 e. The Kier molecular flexibility index (Phi) is 2.37. The predicted octanol–water partition coefficient (Wildman–Crippen LogP) is 2.16. The summed E-state index contributed by atoms with van der Waals surface area (Å²) >= 11 is 2.40. The Morgan fingerprint density at radius 3 is 2.56 bits per heavy atom. The third-order valence-corrected chi connectivity index (χ3v) is 2.35. The van der Waals surface area contributed by atoms with E-state index in [2.05, 4.69) is 41.8 Å². The number of nitrogens with one attached hydrogen (secondary N) is 1. The molecule has 1 atom stereocenters. The van der Waals surface area contributed by atoms with Crippen molar-refractivity contribution >= 4 is 22.6 Å². The summed E-state index contributed by atoms with van der Waals surface area (Å²) in [5.74, 6) is 0. The van der Waals surface area contributed by atoms with Gasteiger partial charge in [0.1, 0.15) is 0 Å². The van der Waals surface area contributed by atoms with E-state index < -0.39 is 0 Å². The first-order chi connectivity index (χ1) is 4.12. The van der Waals surface area contributed by atoms with Gasteiger partial charge in [0.25, 0.3) is 0 Å². The van der Waals surface area contributed by atoms with Crippen LogP contribution in [0.4, 0.5) is 0 Å². The molecule has 0 aliphatic heterocycles. The molecule has 0 radical (unpaired) electrons. The average Bonchev–Trinajstić information content (AvgIpc) is 2.45. The number of alkyl halides is 1. The van der Waals surface area contributed by atoms with Gasteiger partial charge in [0.2, 0.25) is 0 Å². The molecule has 1 aliphatic rings. The van der Waals surface area contributed by atoms with Crippen molar-refractivity contribution in [1.82, 2.24) is 5.32 Å². The van der Waals surface area contributed by atoms with Crippen LogP contribution in [0, 0.1) is 5.41 Å². The van der Waals surface area contributed by atoms with Gasteiger partial charge in [-0.3, -0.25) is 0 Å². The SMILES string of the molecule is CC(I)NCC1(C)CC1. The van der Waals surface area contributed by atoms with Crippen LogP contribution in [0.25, 0.3) is 0 Å².